The van der Waals surface area contributed by atoms with Crippen LogP contribution in [0.5, 0.6) is 5.75 Å². The van der Waals surface area contributed by atoms with Crippen LogP contribution >= 0.6 is 11.8 Å². The quantitative estimate of drug-likeness (QED) is 0.613. The summed E-state index contributed by atoms with van der Waals surface area (Å²) in [5, 5.41) is 11.1. The van der Waals surface area contributed by atoms with Crippen molar-refractivity contribution in [2.24, 2.45) is 0 Å². The van der Waals surface area contributed by atoms with Gasteiger partial charge in [-0.2, -0.15) is 0 Å². The molecule has 0 atom stereocenters. The second-order valence-electron chi connectivity index (χ2n) is 6.22. The molecule has 0 bridgehead atoms. The standard InChI is InChI=1S/C20H21N3O3S/c1-13-5-8-16(9-6-13)21-18(24)12-27-20-23-22-19(26-20)11-25-17-10-14(2)4-7-15(17)3/h4-10H,11-12H2,1-3H3,(H,21,24). The second-order valence-corrected chi connectivity index (χ2v) is 7.15. The number of nitrogens with one attached hydrogen (secondary N) is 1. The molecule has 0 aliphatic rings. The first-order valence-electron chi connectivity index (χ1n) is 8.51. The number of rotatable bonds is 7. The molecule has 1 N–H and O–H groups in total. The number of carbonyl (C=O) groups is 1. The monoisotopic (exact) mass is 383 g/mol. The summed E-state index contributed by atoms with van der Waals surface area (Å²) in [5.41, 5.74) is 4.07. The SMILES string of the molecule is Cc1ccc(NC(=O)CSc2nnc(COc3cc(C)ccc3C)o2)cc1. The Hall–Kier alpha value is -2.80. The van der Waals surface area contributed by atoms with E-state index in [1.54, 1.807) is 0 Å². The van der Waals surface area contributed by atoms with Crippen LogP contribution < -0.4 is 10.1 Å². The minimum atomic E-state index is -0.129. The summed E-state index contributed by atoms with van der Waals surface area (Å²) in [6, 6.07) is 13.6. The Balaban J connectivity index is 1.48. The van der Waals surface area contributed by atoms with Gasteiger partial charge in [-0.25, -0.2) is 0 Å². The third kappa shape index (κ3) is 5.59. The van der Waals surface area contributed by atoms with Crippen molar-refractivity contribution >= 4 is 23.4 Å². The maximum absolute atomic E-state index is 12.0. The van der Waals surface area contributed by atoms with Crippen molar-refractivity contribution in [3.05, 3.63) is 65.0 Å². The van der Waals surface area contributed by atoms with E-state index >= 15 is 0 Å². The number of benzene rings is 2. The molecule has 3 aromatic rings. The van der Waals surface area contributed by atoms with Crippen LogP contribution in [0.1, 0.15) is 22.6 Å². The number of thioether (sulfide) groups is 1. The highest BCUT2D eigenvalue weighted by atomic mass is 32.2. The topological polar surface area (TPSA) is 77.2 Å². The van der Waals surface area contributed by atoms with E-state index in [-0.39, 0.29) is 18.3 Å². The molecule has 7 heteroatoms. The second kappa shape index (κ2) is 8.73. The molecule has 27 heavy (non-hydrogen) atoms. The fraction of sp³-hybridized carbons (Fsp3) is 0.250. The highest BCUT2D eigenvalue weighted by Crippen LogP contribution is 2.21. The summed E-state index contributed by atoms with van der Waals surface area (Å²) in [5.74, 6) is 1.22. The number of aromatic nitrogens is 2. The lowest BCUT2D eigenvalue weighted by Gasteiger charge is -2.07. The first-order chi connectivity index (χ1) is 13.0. The highest BCUT2D eigenvalue weighted by molar-refractivity contribution is 7.99. The van der Waals surface area contributed by atoms with Gasteiger partial charge in [0, 0.05) is 5.69 Å². The van der Waals surface area contributed by atoms with Gasteiger partial charge in [0.2, 0.25) is 5.91 Å². The molecule has 2 aromatic carbocycles. The molecule has 0 unspecified atom stereocenters. The summed E-state index contributed by atoms with van der Waals surface area (Å²) in [4.78, 5) is 12.0. The van der Waals surface area contributed by atoms with E-state index in [0.29, 0.717) is 11.1 Å². The van der Waals surface area contributed by atoms with Gasteiger partial charge in [-0.1, -0.05) is 41.6 Å². The Morgan fingerprint density at radius 1 is 1.07 bits per heavy atom. The Bertz CT molecular complexity index is 922. The lowest BCUT2D eigenvalue weighted by molar-refractivity contribution is -0.113. The molecule has 0 saturated heterocycles. The number of amides is 1. The van der Waals surface area contributed by atoms with E-state index in [4.69, 9.17) is 9.15 Å². The molecule has 3 rings (SSSR count). The van der Waals surface area contributed by atoms with Crippen LogP contribution in [0.3, 0.4) is 0 Å². The van der Waals surface area contributed by atoms with E-state index in [1.807, 2.05) is 63.2 Å². The van der Waals surface area contributed by atoms with Crippen molar-refractivity contribution in [2.45, 2.75) is 32.6 Å². The molecule has 1 amide bonds. The van der Waals surface area contributed by atoms with Crippen LogP contribution in [0.25, 0.3) is 0 Å². The van der Waals surface area contributed by atoms with Gasteiger partial charge in [-0.05, 0) is 50.1 Å². The molecular weight excluding hydrogens is 362 g/mol. The normalized spacial score (nSPS) is 10.6. The molecule has 1 heterocycles. The summed E-state index contributed by atoms with van der Waals surface area (Å²) in [6.45, 7) is 6.18. The predicted molar refractivity (Wildman–Crippen MR) is 105 cm³/mol. The predicted octanol–water partition coefficient (Wildman–Crippen LogP) is 4.30. The van der Waals surface area contributed by atoms with Crippen LogP contribution in [0.4, 0.5) is 5.69 Å². The van der Waals surface area contributed by atoms with Gasteiger partial charge in [0.1, 0.15) is 5.75 Å². The van der Waals surface area contributed by atoms with Crippen molar-refractivity contribution < 1.29 is 13.9 Å². The van der Waals surface area contributed by atoms with Gasteiger partial charge in [0.25, 0.3) is 11.1 Å². The van der Waals surface area contributed by atoms with E-state index in [0.717, 1.165) is 28.1 Å². The van der Waals surface area contributed by atoms with E-state index in [2.05, 4.69) is 15.5 Å². The number of nitrogens with zero attached hydrogens (tertiary/aromatic N) is 2. The Morgan fingerprint density at radius 3 is 2.59 bits per heavy atom. The molecule has 140 valence electrons. The van der Waals surface area contributed by atoms with Gasteiger partial charge in [-0.15, -0.1) is 10.2 Å². The third-order valence-electron chi connectivity index (χ3n) is 3.81. The molecule has 0 aliphatic heterocycles. The van der Waals surface area contributed by atoms with Crippen molar-refractivity contribution in [2.75, 3.05) is 11.1 Å². The Morgan fingerprint density at radius 2 is 1.81 bits per heavy atom. The molecule has 0 fully saturated rings. The van der Waals surface area contributed by atoms with Crippen molar-refractivity contribution in [3.63, 3.8) is 0 Å². The zero-order chi connectivity index (χ0) is 19.2. The van der Waals surface area contributed by atoms with E-state index in [9.17, 15) is 4.79 Å². The number of carbonyl (C=O) groups excluding carboxylic acids is 1. The molecule has 0 radical (unpaired) electrons. The van der Waals surface area contributed by atoms with Crippen LogP contribution in [-0.2, 0) is 11.4 Å². The smallest absolute Gasteiger partial charge is 0.277 e. The molecule has 0 spiro atoms. The fourth-order valence-electron chi connectivity index (χ4n) is 2.32. The lowest BCUT2D eigenvalue weighted by Crippen LogP contribution is -2.13. The van der Waals surface area contributed by atoms with Gasteiger partial charge >= 0.3 is 0 Å². The number of ether oxygens (including phenoxy) is 1. The largest absolute Gasteiger partial charge is 0.484 e. The van der Waals surface area contributed by atoms with Gasteiger partial charge in [0.15, 0.2) is 6.61 Å². The minimum Gasteiger partial charge on any atom is -0.484 e. The van der Waals surface area contributed by atoms with Crippen LogP contribution in [0.2, 0.25) is 0 Å². The Kier molecular flexibility index (Phi) is 6.13. The average Bonchev–Trinajstić information content (AvgIpc) is 3.11. The summed E-state index contributed by atoms with van der Waals surface area (Å²) >= 11 is 1.19. The first kappa shape index (κ1) is 19.0. The lowest BCUT2D eigenvalue weighted by atomic mass is 10.1. The number of aryl methyl sites for hydroxylation is 3. The Labute approximate surface area is 162 Å². The minimum absolute atomic E-state index is 0.129. The average molecular weight is 383 g/mol. The van der Waals surface area contributed by atoms with Gasteiger partial charge < -0.3 is 14.5 Å². The van der Waals surface area contributed by atoms with Gasteiger partial charge in [0.05, 0.1) is 5.75 Å². The van der Waals surface area contributed by atoms with Crippen molar-refractivity contribution in [1.82, 2.24) is 10.2 Å². The zero-order valence-corrected chi connectivity index (χ0v) is 16.3. The maximum atomic E-state index is 12.0. The fourth-order valence-corrected chi connectivity index (χ4v) is 2.90. The number of hydrogen-bond donors (Lipinski definition) is 1. The number of anilines is 1. The third-order valence-corrected chi connectivity index (χ3v) is 4.62. The van der Waals surface area contributed by atoms with E-state index in [1.165, 1.54) is 11.8 Å². The maximum Gasteiger partial charge on any atom is 0.277 e. The highest BCUT2D eigenvalue weighted by Gasteiger charge is 2.11. The zero-order valence-electron chi connectivity index (χ0n) is 15.5. The number of hydrogen-bond acceptors (Lipinski definition) is 6. The summed E-state index contributed by atoms with van der Waals surface area (Å²) in [6.07, 6.45) is 0. The van der Waals surface area contributed by atoms with Crippen LogP contribution in [0.15, 0.2) is 52.1 Å². The molecule has 0 aliphatic carbocycles. The van der Waals surface area contributed by atoms with Crippen LogP contribution in [-0.4, -0.2) is 21.9 Å². The molecular formula is C20H21N3O3S. The van der Waals surface area contributed by atoms with Gasteiger partial charge in [-0.3, -0.25) is 4.79 Å². The van der Waals surface area contributed by atoms with Crippen LogP contribution in [0, 0.1) is 20.8 Å². The van der Waals surface area contributed by atoms with Crippen molar-refractivity contribution in [3.8, 4) is 5.75 Å². The molecule has 6 nitrogen and oxygen atoms in total. The first-order valence-corrected chi connectivity index (χ1v) is 9.50. The molecule has 0 saturated carbocycles. The molecule has 1 aromatic heterocycles. The summed E-state index contributed by atoms with van der Waals surface area (Å²) in [7, 11) is 0. The van der Waals surface area contributed by atoms with E-state index < -0.39 is 0 Å². The van der Waals surface area contributed by atoms with Crippen molar-refractivity contribution in [1.29, 1.82) is 0 Å². The summed E-state index contributed by atoms with van der Waals surface area (Å²) < 4.78 is 11.3.